The van der Waals surface area contributed by atoms with Crippen LogP contribution in [0, 0.1) is 5.41 Å². The van der Waals surface area contributed by atoms with Crippen molar-refractivity contribution in [3.63, 3.8) is 0 Å². The fourth-order valence-corrected chi connectivity index (χ4v) is 2.67. The quantitative estimate of drug-likeness (QED) is 0.760. The van der Waals surface area contributed by atoms with Crippen molar-refractivity contribution >= 4 is 11.6 Å². The predicted molar refractivity (Wildman–Crippen MR) is 70.1 cm³/mol. The van der Waals surface area contributed by atoms with E-state index in [0.29, 0.717) is 0 Å². The summed E-state index contributed by atoms with van der Waals surface area (Å²) < 4.78 is 11.1. The zero-order valence-corrected chi connectivity index (χ0v) is 11.3. The van der Waals surface area contributed by atoms with Gasteiger partial charge in [0.1, 0.15) is 17.6 Å². The van der Waals surface area contributed by atoms with Gasteiger partial charge in [-0.05, 0) is 30.7 Å². The monoisotopic (exact) mass is 254 g/mol. The number of alkyl halides is 1. The van der Waals surface area contributed by atoms with Gasteiger partial charge in [-0.25, -0.2) is 0 Å². The molecule has 1 fully saturated rings. The van der Waals surface area contributed by atoms with Crippen molar-refractivity contribution in [2.24, 2.45) is 5.41 Å². The largest absolute Gasteiger partial charge is 0.497 e. The molecule has 2 rings (SSSR count). The number of benzene rings is 1. The molecule has 0 N–H and O–H groups in total. The molecule has 0 bridgehead atoms. The molecule has 3 unspecified atom stereocenters. The molecule has 3 heteroatoms. The summed E-state index contributed by atoms with van der Waals surface area (Å²) in [6.45, 7) is 4.36. The topological polar surface area (TPSA) is 18.5 Å². The molecule has 0 radical (unpaired) electrons. The Balaban J connectivity index is 2.02. The number of ether oxygens (including phenoxy) is 2. The molecular formula is C14H19ClO2. The van der Waals surface area contributed by atoms with Crippen LogP contribution < -0.4 is 9.47 Å². The van der Waals surface area contributed by atoms with E-state index in [-0.39, 0.29) is 16.9 Å². The third kappa shape index (κ3) is 2.23. The van der Waals surface area contributed by atoms with Crippen LogP contribution in [0.2, 0.25) is 0 Å². The van der Waals surface area contributed by atoms with Crippen LogP contribution in [0.3, 0.4) is 0 Å². The molecule has 1 aliphatic carbocycles. The van der Waals surface area contributed by atoms with Crippen molar-refractivity contribution in [1.82, 2.24) is 0 Å². The lowest BCUT2D eigenvalue weighted by molar-refractivity contribution is -0.0295. The summed E-state index contributed by atoms with van der Waals surface area (Å²) in [6.07, 6.45) is 2.20. The molecule has 2 nitrogen and oxygen atoms in total. The highest BCUT2D eigenvalue weighted by molar-refractivity contribution is 6.21. The normalized spacial score (nSPS) is 31.8. The van der Waals surface area contributed by atoms with E-state index in [2.05, 4.69) is 13.8 Å². The van der Waals surface area contributed by atoms with Gasteiger partial charge in [0.25, 0.3) is 0 Å². The summed E-state index contributed by atoms with van der Waals surface area (Å²) in [5.41, 5.74) is 0.0987. The van der Waals surface area contributed by atoms with E-state index >= 15 is 0 Å². The Bertz CT molecular complexity index is 376. The minimum absolute atomic E-state index is 0.0987. The van der Waals surface area contributed by atoms with Crippen LogP contribution in [0.25, 0.3) is 0 Å². The van der Waals surface area contributed by atoms with Crippen LogP contribution in [0.5, 0.6) is 11.5 Å². The van der Waals surface area contributed by atoms with Gasteiger partial charge in [-0.15, -0.1) is 11.6 Å². The molecule has 3 atom stereocenters. The molecule has 94 valence electrons. The van der Waals surface area contributed by atoms with Gasteiger partial charge in [-0.2, -0.15) is 0 Å². The maximum atomic E-state index is 6.26. The second kappa shape index (κ2) is 4.77. The summed E-state index contributed by atoms with van der Waals surface area (Å²) in [5.74, 6) is 1.73. The second-order valence-corrected chi connectivity index (χ2v) is 5.37. The maximum Gasteiger partial charge on any atom is 0.120 e. The first-order valence-electron chi connectivity index (χ1n) is 6.05. The standard InChI is InChI=1S/C14H19ClO2/c1-4-14(2)12(15)9-13(14)17-11-7-5-10(16-3)6-8-11/h5-8,12-13H,4,9H2,1-3H3. The Morgan fingerprint density at radius 1 is 1.29 bits per heavy atom. The number of methoxy groups -OCH3 is 1. The van der Waals surface area contributed by atoms with Crippen molar-refractivity contribution in [2.45, 2.75) is 38.2 Å². The summed E-state index contributed by atoms with van der Waals surface area (Å²) >= 11 is 6.26. The van der Waals surface area contributed by atoms with Crippen molar-refractivity contribution in [3.8, 4) is 11.5 Å². The zero-order chi connectivity index (χ0) is 12.5. The number of halogens is 1. The highest BCUT2D eigenvalue weighted by Gasteiger charge is 2.51. The third-order valence-corrected chi connectivity index (χ3v) is 4.65. The Labute approximate surface area is 108 Å². The van der Waals surface area contributed by atoms with E-state index in [1.807, 2.05) is 24.3 Å². The Morgan fingerprint density at radius 2 is 1.88 bits per heavy atom. The van der Waals surface area contributed by atoms with Gasteiger partial charge >= 0.3 is 0 Å². The molecule has 0 aliphatic heterocycles. The Hall–Kier alpha value is -0.890. The lowest BCUT2D eigenvalue weighted by Gasteiger charge is -2.50. The molecule has 17 heavy (non-hydrogen) atoms. The maximum absolute atomic E-state index is 6.26. The molecule has 0 aromatic heterocycles. The van der Waals surface area contributed by atoms with Crippen molar-refractivity contribution < 1.29 is 9.47 Å². The molecular weight excluding hydrogens is 236 g/mol. The van der Waals surface area contributed by atoms with E-state index < -0.39 is 0 Å². The molecule has 1 aliphatic rings. The van der Waals surface area contributed by atoms with Crippen LogP contribution in [0.4, 0.5) is 0 Å². The van der Waals surface area contributed by atoms with Crippen LogP contribution in [-0.2, 0) is 0 Å². The average Bonchev–Trinajstić information content (AvgIpc) is 2.38. The molecule has 1 saturated carbocycles. The highest BCUT2D eigenvalue weighted by atomic mass is 35.5. The van der Waals surface area contributed by atoms with Gasteiger partial charge in [-0.1, -0.05) is 13.8 Å². The smallest absolute Gasteiger partial charge is 0.120 e. The first kappa shape index (κ1) is 12.6. The van der Waals surface area contributed by atoms with Gasteiger partial charge in [0.05, 0.1) is 7.11 Å². The molecule has 0 spiro atoms. The van der Waals surface area contributed by atoms with Gasteiger partial charge in [-0.3, -0.25) is 0 Å². The van der Waals surface area contributed by atoms with Gasteiger partial charge < -0.3 is 9.47 Å². The fourth-order valence-electron chi connectivity index (χ4n) is 2.22. The Kier molecular flexibility index (Phi) is 3.53. The Morgan fingerprint density at radius 3 is 2.35 bits per heavy atom. The van der Waals surface area contributed by atoms with E-state index in [1.165, 1.54) is 0 Å². The third-order valence-electron chi connectivity index (χ3n) is 3.97. The van der Waals surface area contributed by atoms with E-state index in [1.54, 1.807) is 7.11 Å². The van der Waals surface area contributed by atoms with Crippen LogP contribution >= 0.6 is 11.6 Å². The summed E-state index contributed by atoms with van der Waals surface area (Å²) in [5, 5.41) is 0.232. The molecule has 0 saturated heterocycles. The van der Waals surface area contributed by atoms with Crippen LogP contribution in [0.15, 0.2) is 24.3 Å². The number of rotatable bonds is 4. The van der Waals surface area contributed by atoms with Crippen molar-refractivity contribution in [3.05, 3.63) is 24.3 Å². The van der Waals surface area contributed by atoms with Crippen molar-refractivity contribution in [2.75, 3.05) is 7.11 Å². The van der Waals surface area contributed by atoms with Crippen LogP contribution in [-0.4, -0.2) is 18.6 Å². The summed E-state index contributed by atoms with van der Waals surface area (Å²) in [4.78, 5) is 0. The van der Waals surface area contributed by atoms with E-state index in [4.69, 9.17) is 21.1 Å². The minimum atomic E-state index is 0.0987. The first-order valence-corrected chi connectivity index (χ1v) is 6.48. The van der Waals surface area contributed by atoms with E-state index in [9.17, 15) is 0 Å². The summed E-state index contributed by atoms with van der Waals surface area (Å²) in [7, 11) is 1.66. The van der Waals surface area contributed by atoms with Crippen LogP contribution in [0.1, 0.15) is 26.7 Å². The average molecular weight is 255 g/mol. The molecule has 1 aromatic rings. The molecule has 0 heterocycles. The minimum Gasteiger partial charge on any atom is -0.497 e. The van der Waals surface area contributed by atoms with Gasteiger partial charge in [0.2, 0.25) is 0 Å². The summed E-state index contributed by atoms with van der Waals surface area (Å²) in [6, 6.07) is 7.71. The molecule has 0 amide bonds. The number of hydrogen-bond acceptors (Lipinski definition) is 2. The highest BCUT2D eigenvalue weighted by Crippen LogP contribution is 2.49. The fraction of sp³-hybridized carbons (Fsp3) is 0.571. The number of hydrogen-bond donors (Lipinski definition) is 0. The zero-order valence-electron chi connectivity index (χ0n) is 10.6. The lowest BCUT2D eigenvalue weighted by atomic mass is 9.65. The SMILES string of the molecule is CCC1(C)C(Cl)CC1Oc1ccc(OC)cc1. The second-order valence-electron chi connectivity index (χ2n) is 4.84. The van der Waals surface area contributed by atoms with E-state index in [0.717, 1.165) is 24.3 Å². The van der Waals surface area contributed by atoms with Crippen molar-refractivity contribution in [1.29, 1.82) is 0 Å². The lowest BCUT2D eigenvalue weighted by Crippen LogP contribution is -2.55. The van der Waals surface area contributed by atoms with Gasteiger partial charge in [0, 0.05) is 17.2 Å². The molecule has 1 aromatic carbocycles. The first-order chi connectivity index (χ1) is 8.10. The predicted octanol–water partition coefficient (Wildman–Crippen LogP) is 3.87. The van der Waals surface area contributed by atoms with Gasteiger partial charge in [0.15, 0.2) is 0 Å².